The molecule has 2 heterocycles. The van der Waals surface area contributed by atoms with E-state index >= 15 is 0 Å². The number of amides is 1. The minimum atomic E-state index is 0.0117. The number of nitrogens with zero attached hydrogens (tertiary/aromatic N) is 3. The maximum absolute atomic E-state index is 13.0. The molecular weight excluding hydrogens is 441 g/mol. The van der Waals surface area contributed by atoms with Crippen molar-refractivity contribution in [3.05, 3.63) is 93.2 Å². The molecule has 1 aromatic heterocycles. The quantitative estimate of drug-likeness (QED) is 0.345. The molecule has 0 spiro atoms. The lowest BCUT2D eigenvalue weighted by Crippen LogP contribution is -2.25. The number of benzene rings is 3. The van der Waals surface area contributed by atoms with E-state index in [1.54, 1.807) is 0 Å². The molecule has 6 heteroatoms. The van der Waals surface area contributed by atoms with E-state index < -0.39 is 0 Å². The van der Waals surface area contributed by atoms with E-state index in [0.717, 1.165) is 39.2 Å². The van der Waals surface area contributed by atoms with Crippen LogP contribution in [-0.4, -0.2) is 22.0 Å². The van der Waals surface area contributed by atoms with Gasteiger partial charge < -0.3 is 9.47 Å². The lowest BCUT2D eigenvalue weighted by molar-refractivity contribution is -0.117. The van der Waals surface area contributed by atoms with Gasteiger partial charge in [-0.25, -0.2) is 4.98 Å². The molecule has 0 radical (unpaired) electrons. The minimum absolute atomic E-state index is 0.0117. The molecule has 3 aromatic carbocycles. The van der Waals surface area contributed by atoms with Crippen LogP contribution in [0.15, 0.2) is 60.7 Å². The van der Waals surface area contributed by atoms with Crippen molar-refractivity contribution >= 4 is 45.8 Å². The van der Waals surface area contributed by atoms with Gasteiger partial charge in [0.05, 0.1) is 21.1 Å². The first-order valence-electron chi connectivity index (χ1n) is 10.7. The molecule has 1 saturated heterocycles. The van der Waals surface area contributed by atoms with Gasteiger partial charge in [-0.05, 0) is 60.9 Å². The van der Waals surface area contributed by atoms with Crippen molar-refractivity contribution in [1.82, 2.24) is 9.55 Å². The van der Waals surface area contributed by atoms with E-state index in [4.69, 9.17) is 28.2 Å². The first-order valence-corrected chi connectivity index (χ1v) is 11.4. The third-order valence-corrected chi connectivity index (χ3v) is 6.89. The third-order valence-electron chi connectivity index (χ3n) is 6.15. The molecule has 1 aliphatic rings. The number of halogens is 2. The molecule has 0 bridgehead atoms. The fourth-order valence-electron chi connectivity index (χ4n) is 4.52. The van der Waals surface area contributed by atoms with Gasteiger partial charge in [0.2, 0.25) is 5.91 Å². The monoisotopic (exact) mass is 463 g/mol. The maximum Gasteiger partial charge on any atom is 0.227 e. The van der Waals surface area contributed by atoms with Crippen molar-refractivity contribution in [2.24, 2.45) is 0 Å². The van der Waals surface area contributed by atoms with Crippen molar-refractivity contribution in [3.8, 4) is 0 Å². The standard InChI is InChI=1S/C26H23Cl2N3O/c1-16-7-8-17(2)24(11-16)30-15-19(13-25(30)32)26-29-22-5-3-4-6-23(22)31(26)14-18-9-10-20(27)21(28)12-18/h3-12,19H,13-15H2,1-2H3. The summed E-state index contributed by atoms with van der Waals surface area (Å²) in [7, 11) is 0. The maximum atomic E-state index is 13.0. The molecule has 1 atom stereocenters. The van der Waals surface area contributed by atoms with E-state index in [1.165, 1.54) is 0 Å². The number of para-hydroxylation sites is 2. The Morgan fingerprint density at radius 1 is 1.00 bits per heavy atom. The summed E-state index contributed by atoms with van der Waals surface area (Å²) in [6, 6.07) is 20.0. The predicted octanol–water partition coefficient (Wildman–Crippen LogP) is 6.53. The van der Waals surface area contributed by atoms with E-state index in [2.05, 4.69) is 42.7 Å². The van der Waals surface area contributed by atoms with Gasteiger partial charge in [-0.15, -0.1) is 0 Å². The normalized spacial score (nSPS) is 16.3. The van der Waals surface area contributed by atoms with Crippen LogP contribution in [-0.2, 0) is 11.3 Å². The number of carbonyl (C=O) groups is 1. The summed E-state index contributed by atoms with van der Waals surface area (Å²) < 4.78 is 2.21. The highest BCUT2D eigenvalue weighted by Crippen LogP contribution is 2.35. The van der Waals surface area contributed by atoms with Gasteiger partial charge in [0, 0.05) is 31.1 Å². The fraction of sp³-hybridized carbons (Fsp3) is 0.231. The van der Waals surface area contributed by atoms with Crippen LogP contribution in [0.3, 0.4) is 0 Å². The van der Waals surface area contributed by atoms with Gasteiger partial charge in [0.15, 0.2) is 0 Å². The fourth-order valence-corrected chi connectivity index (χ4v) is 4.84. The number of imidazole rings is 1. The van der Waals surface area contributed by atoms with Gasteiger partial charge in [-0.1, -0.05) is 53.5 Å². The second kappa shape index (κ2) is 8.27. The van der Waals surface area contributed by atoms with Gasteiger partial charge in [-0.3, -0.25) is 4.79 Å². The average Bonchev–Trinajstić information content (AvgIpc) is 3.33. The second-order valence-corrected chi connectivity index (χ2v) is 9.30. The molecule has 0 aliphatic carbocycles. The second-order valence-electron chi connectivity index (χ2n) is 8.49. The highest BCUT2D eigenvalue weighted by molar-refractivity contribution is 6.42. The summed E-state index contributed by atoms with van der Waals surface area (Å²) in [5.74, 6) is 1.08. The SMILES string of the molecule is Cc1ccc(C)c(N2CC(c3nc4ccccc4n3Cc3ccc(Cl)c(Cl)c3)CC2=O)c1. The summed E-state index contributed by atoms with van der Waals surface area (Å²) in [5, 5.41) is 1.07. The smallest absolute Gasteiger partial charge is 0.227 e. The van der Waals surface area contributed by atoms with Crippen molar-refractivity contribution in [1.29, 1.82) is 0 Å². The Balaban J connectivity index is 1.54. The predicted molar refractivity (Wildman–Crippen MR) is 131 cm³/mol. The lowest BCUT2D eigenvalue weighted by Gasteiger charge is -2.20. The Hall–Kier alpha value is -2.82. The van der Waals surface area contributed by atoms with Crippen LogP contribution < -0.4 is 4.90 Å². The molecule has 162 valence electrons. The summed E-state index contributed by atoms with van der Waals surface area (Å²) in [5.41, 5.74) is 6.26. The Kier molecular flexibility index (Phi) is 5.44. The van der Waals surface area contributed by atoms with Gasteiger partial charge in [-0.2, -0.15) is 0 Å². The number of rotatable bonds is 4. The van der Waals surface area contributed by atoms with Crippen LogP contribution in [0.2, 0.25) is 10.0 Å². The average molecular weight is 464 g/mol. The zero-order valence-electron chi connectivity index (χ0n) is 18.0. The van der Waals surface area contributed by atoms with E-state index in [0.29, 0.717) is 29.6 Å². The van der Waals surface area contributed by atoms with Crippen molar-refractivity contribution in [2.45, 2.75) is 32.7 Å². The molecule has 0 N–H and O–H groups in total. The summed E-state index contributed by atoms with van der Waals surface area (Å²) >= 11 is 12.4. The van der Waals surface area contributed by atoms with Crippen LogP contribution in [0.4, 0.5) is 5.69 Å². The Labute approximate surface area is 197 Å². The van der Waals surface area contributed by atoms with Crippen LogP contribution in [0.1, 0.15) is 34.9 Å². The molecule has 32 heavy (non-hydrogen) atoms. The molecule has 1 amide bonds. The van der Waals surface area contributed by atoms with Crippen molar-refractivity contribution < 1.29 is 4.79 Å². The first kappa shape index (κ1) is 21.0. The summed E-state index contributed by atoms with van der Waals surface area (Å²) in [6.45, 7) is 5.33. The van der Waals surface area contributed by atoms with Crippen molar-refractivity contribution in [3.63, 3.8) is 0 Å². The topological polar surface area (TPSA) is 38.1 Å². The van der Waals surface area contributed by atoms with E-state index in [1.807, 2.05) is 41.3 Å². The molecule has 5 rings (SSSR count). The molecule has 4 aromatic rings. The Morgan fingerprint density at radius 3 is 2.62 bits per heavy atom. The molecule has 0 saturated carbocycles. The van der Waals surface area contributed by atoms with Gasteiger partial charge in [0.25, 0.3) is 0 Å². The lowest BCUT2D eigenvalue weighted by atomic mass is 10.1. The zero-order valence-corrected chi connectivity index (χ0v) is 19.5. The Morgan fingerprint density at radius 2 is 1.81 bits per heavy atom. The van der Waals surface area contributed by atoms with Gasteiger partial charge in [0.1, 0.15) is 5.82 Å². The third kappa shape index (κ3) is 3.78. The Bertz CT molecular complexity index is 1340. The largest absolute Gasteiger partial charge is 0.323 e. The van der Waals surface area contributed by atoms with E-state index in [-0.39, 0.29) is 11.8 Å². The number of carbonyl (C=O) groups excluding carboxylic acids is 1. The summed E-state index contributed by atoms with van der Waals surface area (Å²) in [6.07, 6.45) is 0.443. The highest BCUT2D eigenvalue weighted by Gasteiger charge is 2.35. The van der Waals surface area contributed by atoms with Crippen LogP contribution in [0, 0.1) is 13.8 Å². The van der Waals surface area contributed by atoms with Crippen LogP contribution in [0.5, 0.6) is 0 Å². The molecule has 1 unspecified atom stereocenters. The van der Waals surface area contributed by atoms with Crippen molar-refractivity contribution in [2.75, 3.05) is 11.4 Å². The highest BCUT2D eigenvalue weighted by atomic mass is 35.5. The van der Waals surface area contributed by atoms with Crippen LogP contribution in [0.25, 0.3) is 11.0 Å². The molecule has 1 aliphatic heterocycles. The zero-order chi connectivity index (χ0) is 22.4. The summed E-state index contributed by atoms with van der Waals surface area (Å²) in [4.78, 5) is 19.9. The number of aromatic nitrogens is 2. The van der Waals surface area contributed by atoms with E-state index in [9.17, 15) is 4.79 Å². The molecule has 4 nitrogen and oxygen atoms in total. The van der Waals surface area contributed by atoms with Crippen LogP contribution >= 0.6 is 23.2 Å². The molecular formula is C26H23Cl2N3O. The number of hydrogen-bond donors (Lipinski definition) is 0. The molecule has 1 fully saturated rings. The van der Waals surface area contributed by atoms with Gasteiger partial charge >= 0.3 is 0 Å². The number of hydrogen-bond acceptors (Lipinski definition) is 2. The first-order chi connectivity index (χ1) is 15.4. The number of aryl methyl sites for hydroxylation is 2. The number of fused-ring (bicyclic) bond motifs is 1. The number of anilines is 1. The minimum Gasteiger partial charge on any atom is -0.323 e.